The van der Waals surface area contributed by atoms with Crippen LogP contribution in [-0.2, 0) is 14.2 Å². The quantitative estimate of drug-likeness (QED) is 0.799. The van der Waals surface area contributed by atoms with Gasteiger partial charge in [0.2, 0.25) is 0 Å². The van der Waals surface area contributed by atoms with Gasteiger partial charge in [0.25, 0.3) is 0 Å². The first-order valence-electron chi connectivity index (χ1n) is 5.75. The zero-order valence-corrected chi connectivity index (χ0v) is 11.0. The molecule has 2 heterocycles. The molecule has 2 aliphatic rings. The Balaban J connectivity index is 2.15. The van der Waals surface area contributed by atoms with E-state index in [2.05, 4.69) is 6.92 Å². The van der Waals surface area contributed by atoms with E-state index in [4.69, 9.17) is 14.2 Å². The van der Waals surface area contributed by atoms with Crippen LogP contribution in [0.1, 0.15) is 27.7 Å². The second-order valence-electron chi connectivity index (χ2n) is 4.72. The molecule has 1 N–H and O–H groups in total. The lowest BCUT2D eigenvalue weighted by atomic mass is 10.0. The van der Waals surface area contributed by atoms with Crippen LogP contribution in [0.4, 0.5) is 0 Å². The van der Waals surface area contributed by atoms with Gasteiger partial charge in [-0.05, 0) is 26.5 Å². The van der Waals surface area contributed by atoms with Crippen molar-refractivity contribution >= 4 is 11.8 Å². The highest BCUT2D eigenvalue weighted by atomic mass is 32.2. The molecule has 0 aromatic carbocycles. The van der Waals surface area contributed by atoms with Gasteiger partial charge in [-0.3, -0.25) is 0 Å². The summed E-state index contributed by atoms with van der Waals surface area (Å²) < 4.78 is 17.3. The molecule has 94 valence electrons. The maximum atomic E-state index is 10.0. The molecule has 0 radical (unpaired) electrons. The van der Waals surface area contributed by atoms with E-state index in [9.17, 15) is 5.11 Å². The Morgan fingerprint density at radius 3 is 2.50 bits per heavy atom. The number of rotatable bonds is 2. The Kier molecular flexibility index (Phi) is 3.52. The molecular weight excluding hydrogens is 228 g/mol. The summed E-state index contributed by atoms with van der Waals surface area (Å²) in [6.07, 6.45) is -1.27. The minimum atomic E-state index is -0.629. The van der Waals surface area contributed by atoms with Crippen molar-refractivity contribution in [3.63, 3.8) is 0 Å². The van der Waals surface area contributed by atoms with Crippen LogP contribution in [0, 0.1) is 0 Å². The van der Waals surface area contributed by atoms with Crippen LogP contribution in [-0.4, -0.2) is 46.5 Å². The normalized spacial score (nSPS) is 46.7. The van der Waals surface area contributed by atoms with Crippen molar-refractivity contribution in [2.24, 2.45) is 0 Å². The fraction of sp³-hybridized carbons (Fsp3) is 1.00. The summed E-state index contributed by atoms with van der Waals surface area (Å²) in [6, 6.07) is 0. The zero-order chi connectivity index (χ0) is 11.9. The molecule has 2 fully saturated rings. The predicted octanol–water partition coefficient (Wildman–Crippen LogP) is 1.37. The largest absolute Gasteiger partial charge is 0.388 e. The molecule has 5 atom stereocenters. The molecule has 0 amide bonds. The lowest BCUT2D eigenvalue weighted by Crippen LogP contribution is -2.54. The van der Waals surface area contributed by atoms with Crippen molar-refractivity contribution in [2.75, 3.05) is 5.75 Å². The molecular formula is C11H20O4S. The number of aliphatic hydroxyl groups is 1. The fourth-order valence-electron chi connectivity index (χ4n) is 2.23. The van der Waals surface area contributed by atoms with E-state index < -0.39 is 11.9 Å². The summed E-state index contributed by atoms with van der Waals surface area (Å²) in [4.78, 5) is 0. The molecule has 0 aliphatic carbocycles. The van der Waals surface area contributed by atoms with E-state index in [0.29, 0.717) is 0 Å². The number of hydrogen-bond donors (Lipinski definition) is 1. The van der Waals surface area contributed by atoms with Gasteiger partial charge >= 0.3 is 0 Å². The van der Waals surface area contributed by atoms with Crippen molar-refractivity contribution in [3.8, 4) is 0 Å². The van der Waals surface area contributed by atoms with E-state index >= 15 is 0 Å². The van der Waals surface area contributed by atoms with Crippen molar-refractivity contribution < 1.29 is 19.3 Å². The first kappa shape index (κ1) is 12.6. The molecule has 4 nitrogen and oxygen atoms in total. The second kappa shape index (κ2) is 4.46. The molecule has 2 saturated heterocycles. The monoisotopic (exact) mass is 248 g/mol. The summed E-state index contributed by atoms with van der Waals surface area (Å²) in [5, 5.41) is 10.0. The van der Waals surface area contributed by atoms with Crippen LogP contribution in [0.3, 0.4) is 0 Å². The van der Waals surface area contributed by atoms with Gasteiger partial charge in [-0.2, -0.15) is 0 Å². The predicted molar refractivity (Wildman–Crippen MR) is 62.3 cm³/mol. The van der Waals surface area contributed by atoms with E-state index in [0.717, 1.165) is 5.75 Å². The summed E-state index contributed by atoms with van der Waals surface area (Å²) in [6.45, 7) is 7.70. The van der Waals surface area contributed by atoms with Crippen LogP contribution in [0.25, 0.3) is 0 Å². The Morgan fingerprint density at radius 2 is 1.88 bits per heavy atom. The summed E-state index contributed by atoms with van der Waals surface area (Å²) in [5.74, 6) is 0.330. The second-order valence-corrected chi connectivity index (χ2v) is 6.10. The minimum Gasteiger partial charge on any atom is -0.388 e. The maximum absolute atomic E-state index is 10.0. The van der Waals surface area contributed by atoms with Crippen molar-refractivity contribution in [1.29, 1.82) is 0 Å². The van der Waals surface area contributed by atoms with Crippen molar-refractivity contribution in [1.82, 2.24) is 0 Å². The first-order valence-corrected chi connectivity index (χ1v) is 6.80. The van der Waals surface area contributed by atoms with Gasteiger partial charge in [-0.25, -0.2) is 0 Å². The number of aliphatic hydroxyl groups excluding tert-OH is 1. The average Bonchev–Trinajstić information content (AvgIpc) is 2.51. The molecule has 2 rings (SSSR count). The third kappa shape index (κ3) is 2.24. The van der Waals surface area contributed by atoms with Crippen LogP contribution >= 0.6 is 11.8 Å². The van der Waals surface area contributed by atoms with E-state index in [-0.39, 0.29) is 23.7 Å². The molecule has 0 aromatic heterocycles. The van der Waals surface area contributed by atoms with E-state index in [1.54, 1.807) is 11.8 Å². The summed E-state index contributed by atoms with van der Waals surface area (Å²) >= 11 is 1.70. The van der Waals surface area contributed by atoms with Crippen molar-refractivity contribution in [2.45, 2.75) is 63.3 Å². The molecule has 0 unspecified atom stereocenters. The Hall–Kier alpha value is 0.190. The molecule has 2 aliphatic heterocycles. The van der Waals surface area contributed by atoms with Gasteiger partial charge in [0, 0.05) is 0 Å². The highest BCUT2D eigenvalue weighted by Crippen LogP contribution is 2.40. The van der Waals surface area contributed by atoms with Crippen LogP contribution in [0.5, 0.6) is 0 Å². The molecule has 16 heavy (non-hydrogen) atoms. The summed E-state index contributed by atoms with van der Waals surface area (Å²) in [5.41, 5.74) is -0.0461. The van der Waals surface area contributed by atoms with Crippen LogP contribution in [0.2, 0.25) is 0 Å². The minimum absolute atomic E-state index is 0.0461. The zero-order valence-electron chi connectivity index (χ0n) is 10.2. The lowest BCUT2D eigenvalue weighted by molar-refractivity contribution is -0.159. The van der Waals surface area contributed by atoms with Gasteiger partial charge in [0.1, 0.15) is 23.7 Å². The molecule has 0 spiro atoms. The number of thioether (sulfide) groups is 1. The Bertz CT molecular complexity index is 258. The average molecular weight is 248 g/mol. The standard InChI is InChI=1S/C11H20O4S/c1-5-16-10-9-8(7(12)6(2)13-10)14-11(3,4)15-9/h6-10,12H,5H2,1-4H3/t6-,7-,8+,9+,10-/m0/s1. The Labute approximate surface area is 101 Å². The molecule has 0 aromatic rings. The molecule has 0 saturated carbocycles. The lowest BCUT2D eigenvalue weighted by Gasteiger charge is -2.38. The smallest absolute Gasteiger partial charge is 0.164 e. The SMILES string of the molecule is CCS[C@@H]1O[C@@H](C)[C@H](O)[C@H]2OC(C)(C)O[C@H]21. The van der Waals surface area contributed by atoms with Gasteiger partial charge in [0.05, 0.1) is 6.10 Å². The molecule has 5 heteroatoms. The number of ether oxygens (including phenoxy) is 3. The third-order valence-corrected chi connectivity index (χ3v) is 3.97. The highest BCUT2D eigenvalue weighted by Gasteiger charge is 2.53. The van der Waals surface area contributed by atoms with Crippen LogP contribution < -0.4 is 0 Å². The van der Waals surface area contributed by atoms with Gasteiger partial charge < -0.3 is 19.3 Å². The van der Waals surface area contributed by atoms with Gasteiger partial charge in [0.15, 0.2) is 5.79 Å². The highest BCUT2D eigenvalue weighted by molar-refractivity contribution is 7.99. The molecule has 0 bridgehead atoms. The topological polar surface area (TPSA) is 47.9 Å². The van der Waals surface area contributed by atoms with Gasteiger partial charge in [-0.15, -0.1) is 11.8 Å². The number of fused-ring (bicyclic) bond motifs is 1. The van der Waals surface area contributed by atoms with E-state index in [1.165, 1.54) is 0 Å². The maximum Gasteiger partial charge on any atom is 0.164 e. The van der Waals surface area contributed by atoms with Crippen LogP contribution in [0.15, 0.2) is 0 Å². The van der Waals surface area contributed by atoms with Gasteiger partial charge in [-0.1, -0.05) is 6.92 Å². The Morgan fingerprint density at radius 1 is 1.25 bits per heavy atom. The summed E-state index contributed by atoms with van der Waals surface area (Å²) in [7, 11) is 0. The van der Waals surface area contributed by atoms with E-state index in [1.807, 2.05) is 20.8 Å². The fourth-order valence-corrected chi connectivity index (χ4v) is 3.21. The van der Waals surface area contributed by atoms with Crippen molar-refractivity contribution in [3.05, 3.63) is 0 Å². The number of hydrogen-bond acceptors (Lipinski definition) is 5. The first-order chi connectivity index (χ1) is 7.44. The third-order valence-electron chi connectivity index (χ3n) is 2.93.